The van der Waals surface area contributed by atoms with Crippen LogP contribution in [0.15, 0.2) is 48.6 Å². The zero-order valence-corrected chi connectivity index (χ0v) is 50.6. The van der Waals surface area contributed by atoms with Crippen LogP contribution in [0.3, 0.4) is 0 Å². The number of aliphatic hydroxyl groups is 2. The van der Waals surface area contributed by atoms with E-state index in [9.17, 15) is 34.5 Å². The third-order valence-electron chi connectivity index (χ3n) is 14.9. The van der Waals surface area contributed by atoms with Crippen molar-refractivity contribution in [3.63, 3.8) is 0 Å². The van der Waals surface area contributed by atoms with Crippen LogP contribution in [0.5, 0.6) is 0 Å². The van der Waals surface area contributed by atoms with Gasteiger partial charge in [-0.1, -0.05) is 249 Å². The molecule has 458 valence electrons. The van der Waals surface area contributed by atoms with Gasteiger partial charge in [-0.25, -0.2) is 4.79 Å². The molecule has 1 saturated heterocycles. The molecule has 79 heavy (non-hydrogen) atoms. The first-order chi connectivity index (χ1) is 38.6. The first-order valence-corrected chi connectivity index (χ1v) is 32.6. The van der Waals surface area contributed by atoms with Gasteiger partial charge in [-0.2, -0.15) is 0 Å². The van der Waals surface area contributed by atoms with E-state index in [-0.39, 0.29) is 25.9 Å². The maximum absolute atomic E-state index is 13.2. The Morgan fingerprint density at radius 3 is 1.16 bits per heavy atom. The molecule has 0 aromatic carbocycles. The standard InChI is InChI=1S/C67H118O12/c1-4-7-10-13-16-19-22-25-28-30-33-35-38-41-44-47-50-53-59(68)75-56-58(77-60(69)54-51-48-45-42-39-36-32-27-24-21-18-15-12-9-6-3)57-76-67-65(63(72)62(71)64(79-67)66(73)74)78-61(70)55-52-49-46-43-40-37-34-31-29-26-23-20-17-14-11-8-5-2/h16-17,19-20,25-26,28-29,58,62-65,67,71-72H,4-15,18,21-24,27,30-57H2,1-3H3,(H,73,74)/b19-16-,20-17-,28-25-,29-26-. The van der Waals surface area contributed by atoms with Crippen LogP contribution in [0.1, 0.15) is 303 Å². The molecule has 0 radical (unpaired) electrons. The third-order valence-corrected chi connectivity index (χ3v) is 14.9. The third kappa shape index (κ3) is 45.0. The van der Waals surface area contributed by atoms with E-state index in [1.165, 1.54) is 128 Å². The van der Waals surface area contributed by atoms with E-state index < -0.39 is 67.3 Å². The Morgan fingerprint density at radius 2 is 0.759 bits per heavy atom. The molecule has 1 rings (SSSR count). The summed E-state index contributed by atoms with van der Waals surface area (Å²) in [5, 5.41) is 31.6. The number of allylic oxidation sites excluding steroid dienone is 8. The smallest absolute Gasteiger partial charge is 0.335 e. The lowest BCUT2D eigenvalue weighted by Crippen LogP contribution is -2.61. The monoisotopic (exact) mass is 1110 g/mol. The molecule has 0 aliphatic carbocycles. The van der Waals surface area contributed by atoms with E-state index in [1.54, 1.807) is 0 Å². The van der Waals surface area contributed by atoms with Crippen molar-refractivity contribution in [2.75, 3.05) is 13.2 Å². The van der Waals surface area contributed by atoms with Crippen LogP contribution in [-0.4, -0.2) is 89.2 Å². The van der Waals surface area contributed by atoms with Gasteiger partial charge >= 0.3 is 23.9 Å². The van der Waals surface area contributed by atoms with Crippen molar-refractivity contribution in [1.29, 1.82) is 0 Å². The summed E-state index contributed by atoms with van der Waals surface area (Å²) in [7, 11) is 0. The van der Waals surface area contributed by atoms with E-state index in [2.05, 4.69) is 69.4 Å². The van der Waals surface area contributed by atoms with Crippen molar-refractivity contribution in [2.45, 2.75) is 340 Å². The molecular formula is C67H118O12. The summed E-state index contributed by atoms with van der Waals surface area (Å²) in [4.78, 5) is 51.3. The fraction of sp³-hybridized carbons (Fsp3) is 0.821. The van der Waals surface area contributed by atoms with Gasteiger partial charge in [0.25, 0.3) is 0 Å². The molecule has 6 unspecified atom stereocenters. The largest absolute Gasteiger partial charge is 0.479 e. The Morgan fingerprint density at radius 1 is 0.418 bits per heavy atom. The van der Waals surface area contributed by atoms with Gasteiger partial charge in [0.05, 0.1) is 6.61 Å². The summed E-state index contributed by atoms with van der Waals surface area (Å²) in [6, 6.07) is 0. The number of rotatable bonds is 56. The van der Waals surface area contributed by atoms with Gasteiger partial charge in [-0.05, 0) is 83.5 Å². The van der Waals surface area contributed by atoms with Gasteiger partial charge in [-0.3, -0.25) is 14.4 Å². The number of carbonyl (C=O) groups excluding carboxylic acids is 3. The topological polar surface area (TPSA) is 175 Å². The lowest BCUT2D eigenvalue weighted by molar-refractivity contribution is -0.301. The predicted octanol–water partition coefficient (Wildman–Crippen LogP) is 17.3. The number of hydrogen-bond donors (Lipinski definition) is 3. The highest BCUT2D eigenvalue weighted by atomic mass is 16.7. The summed E-state index contributed by atoms with van der Waals surface area (Å²) >= 11 is 0. The van der Waals surface area contributed by atoms with Gasteiger partial charge in [0, 0.05) is 19.3 Å². The number of carboxylic acid groups (broad SMARTS) is 1. The number of carboxylic acids is 1. The van der Waals surface area contributed by atoms with E-state index in [0.717, 1.165) is 116 Å². The molecule has 0 aromatic rings. The molecule has 0 spiro atoms. The first-order valence-electron chi connectivity index (χ1n) is 32.6. The highest BCUT2D eigenvalue weighted by molar-refractivity contribution is 5.74. The quantitative estimate of drug-likeness (QED) is 0.0228. The molecule has 0 amide bonds. The Balaban J connectivity index is 2.66. The molecule has 1 aliphatic rings. The van der Waals surface area contributed by atoms with Crippen LogP contribution in [0, 0.1) is 0 Å². The van der Waals surface area contributed by atoms with Crippen molar-refractivity contribution in [3.8, 4) is 0 Å². The molecule has 6 atom stereocenters. The predicted molar refractivity (Wildman–Crippen MR) is 322 cm³/mol. The van der Waals surface area contributed by atoms with Crippen LogP contribution in [0.2, 0.25) is 0 Å². The van der Waals surface area contributed by atoms with E-state index in [0.29, 0.717) is 19.3 Å². The molecule has 0 saturated carbocycles. The number of carbonyl (C=O) groups is 4. The van der Waals surface area contributed by atoms with Crippen molar-refractivity contribution in [2.24, 2.45) is 0 Å². The van der Waals surface area contributed by atoms with E-state index in [4.69, 9.17) is 23.7 Å². The van der Waals surface area contributed by atoms with Gasteiger partial charge in [-0.15, -0.1) is 0 Å². The van der Waals surface area contributed by atoms with Crippen molar-refractivity contribution >= 4 is 23.9 Å². The summed E-state index contributed by atoms with van der Waals surface area (Å²) in [6.45, 7) is 5.98. The fourth-order valence-corrected chi connectivity index (χ4v) is 9.84. The number of ether oxygens (including phenoxy) is 5. The molecule has 3 N–H and O–H groups in total. The zero-order chi connectivity index (χ0) is 57.5. The second-order valence-electron chi connectivity index (χ2n) is 22.4. The normalized spacial score (nSPS) is 18.1. The zero-order valence-electron chi connectivity index (χ0n) is 50.6. The lowest BCUT2D eigenvalue weighted by Gasteiger charge is -2.40. The highest BCUT2D eigenvalue weighted by Crippen LogP contribution is 2.27. The fourth-order valence-electron chi connectivity index (χ4n) is 9.84. The lowest BCUT2D eigenvalue weighted by atomic mass is 9.98. The second-order valence-corrected chi connectivity index (χ2v) is 22.4. The minimum absolute atomic E-state index is 0.0529. The van der Waals surface area contributed by atoms with Crippen LogP contribution >= 0.6 is 0 Å². The second kappa shape index (κ2) is 55.2. The van der Waals surface area contributed by atoms with Crippen LogP contribution in [-0.2, 0) is 42.9 Å². The van der Waals surface area contributed by atoms with Gasteiger partial charge in [0.1, 0.15) is 18.8 Å². The molecule has 1 heterocycles. The summed E-state index contributed by atoms with van der Waals surface area (Å²) in [5.74, 6) is -3.11. The Hall–Kier alpha value is -3.32. The minimum Gasteiger partial charge on any atom is -0.479 e. The number of aliphatic hydroxyl groups excluding tert-OH is 2. The molecular weight excluding hydrogens is 997 g/mol. The first kappa shape index (κ1) is 73.7. The minimum atomic E-state index is -1.91. The average molecular weight is 1120 g/mol. The van der Waals surface area contributed by atoms with Crippen molar-refractivity contribution in [1.82, 2.24) is 0 Å². The molecule has 1 fully saturated rings. The van der Waals surface area contributed by atoms with Crippen LogP contribution in [0.4, 0.5) is 0 Å². The summed E-state index contributed by atoms with van der Waals surface area (Å²) in [5.41, 5.74) is 0. The maximum atomic E-state index is 13.2. The average Bonchev–Trinajstić information content (AvgIpc) is 3.47. The molecule has 0 aromatic heterocycles. The summed E-state index contributed by atoms with van der Waals surface area (Å²) in [6.07, 6.45) is 54.9. The molecule has 12 nitrogen and oxygen atoms in total. The number of hydrogen-bond acceptors (Lipinski definition) is 11. The number of aliphatic carboxylic acids is 1. The molecule has 0 bridgehead atoms. The number of unbranched alkanes of at least 4 members (excludes halogenated alkanes) is 34. The SMILES string of the molecule is CCCCC/C=C\C/C=C\CCCCCCCCCC(=O)OCC(COC1OC(C(=O)O)C(O)C(O)C1OC(=O)CCCCCCCCC/C=C\C/C=C\CCCCC)OC(=O)CCCCCCCCCCCCCCCCC. The van der Waals surface area contributed by atoms with Crippen molar-refractivity contribution in [3.05, 3.63) is 48.6 Å². The van der Waals surface area contributed by atoms with Crippen molar-refractivity contribution < 1.29 is 58.2 Å². The van der Waals surface area contributed by atoms with Gasteiger partial charge in [0.15, 0.2) is 24.6 Å². The summed E-state index contributed by atoms with van der Waals surface area (Å²) < 4.78 is 28.5. The van der Waals surface area contributed by atoms with Gasteiger partial charge < -0.3 is 39.0 Å². The Bertz CT molecular complexity index is 1560. The van der Waals surface area contributed by atoms with Crippen LogP contribution in [0.25, 0.3) is 0 Å². The highest BCUT2D eigenvalue weighted by Gasteiger charge is 2.50. The number of esters is 3. The molecule has 1 aliphatic heterocycles. The Kier molecular flexibility index (Phi) is 51.5. The Labute approximate surface area is 482 Å². The maximum Gasteiger partial charge on any atom is 0.335 e. The van der Waals surface area contributed by atoms with E-state index in [1.807, 2.05) is 0 Å². The van der Waals surface area contributed by atoms with E-state index >= 15 is 0 Å². The van der Waals surface area contributed by atoms with Gasteiger partial charge in [0.2, 0.25) is 0 Å². The molecule has 12 heteroatoms. The van der Waals surface area contributed by atoms with Crippen LogP contribution < -0.4 is 0 Å².